The van der Waals surface area contributed by atoms with Crippen molar-refractivity contribution in [2.45, 2.75) is 122 Å². The highest BCUT2D eigenvalue weighted by molar-refractivity contribution is 5.33. The van der Waals surface area contributed by atoms with E-state index in [1.165, 1.54) is 83.3 Å². The van der Waals surface area contributed by atoms with E-state index in [2.05, 4.69) is 6.92 Å². The predicted octanol–water partition coefficient (Wildman–Crippen LogP) is 10.3. The predicted molar refractivity (Wildman–Crippen MR) is 142 cm³/mol. The quantitative estimate of drug-likeness (QED) is 0.315. The maximum Gasteiger partial charge on any atom is 0.201 e. The molecule has 0 saturated heterocycles. The summed E-state index contributed by atoms with van der Waals surface area (Å²) in [5, 5.41) is 0. The average Bonchev–Trinajstić information content (AvgIpc) is 2.90. The highest BCUT2D eigenvalue weighted by Crippen LogP contribution is 2.44. The van der Waals surface area contributed by atoms with Gasteiger partial charge in [0.05, 0.1) is 6.26 Å². The van der Waals surface area contributed by atoms with Crippen molar-refractivity contribution in [1.82, 2.24) is 0 Å². The Bertz CT molecular complexity index is 794. The molecule has 3 aliphatic rings. The van der Waals surface area contributed by atoms with Crippen LogP contribution in [0.2, 0.25) is 0 Å². The third-order valence-electron chi connectivity index (χ3n) is 9.82. The SMILES string of the molecule is C/C=C/Oc1ccc(C2CCC(CCC3CCC(C4CCC(CCC)CC4)CC3)CC2)c(F)c1F. The van der Waals surface area contributed by atoms with Gasteiger partial charge in [0.25, 0.3) is 0 Å². The van der Waals surface area contributed by atoms with E-state index in [0.717, 1.165) is 55.3 Å². The maximum atomic E-state index is 14.7. The van der Waals surface area contributed by atoms with Crippen LogP contribution in [-0.2, 0) is 0 Å². The van der Waals surface area contributed by atoms with Crippen LogP contribution in [0.3, 0.4) is 0 Å². The van der Waals surface area contributed by atoms with E-state index >= 15 is 0 Å². The standard InChI is InChI=1S/C32H48F2O/c1-3-5-23-8-14-26(15-9-23)27-16-10-24(11-17-27)6-7-25-12-18-28(19-13-25)29-20-21-30(35-22-4-2)32(34)31(29)33/h4,20-28H,3,5-19H2,1-2H3/b22-4+. The van der Waals surface area contributed by atoms with E-state index in [1.54, 1.807) is 25.1 Å². The van der Waals surface area contributed by atoms with Gasteiger partial charge in [0.2, 0.25) is 5.82 Å². The zero-order valence-corrected chi connectivity index (χ0v) is 22.3. The Kier molecular flexibility index (Phi) is 10.1. The Morgan fingerprint density at radius 1 is 0.714 bits per heavy atom. The van der Waals surface area contributed by atoms with Crippen LogP contribution in [0.5, 0.6) is 5.75 Å². The van der Waals surface area contributed by atoms with Crippen LogP contribution in [0.1, 0.15) is 128 Å². The van der Waals surface area contributed by atoms with Crippen LogP contribution in [0, 0.1) is 41.2 Å². The Labute approximate surface area is 213 Å². The summed E-state index contributed by atoms with van der Waals surface area (Å²) in [5.74, 6) is 3.28. The van der Waals surface area contributed by atoms with Crippen LogP contribution in [-0.4, -0.2) is 0 Å². The molecule has 0 amide bonds. The lowest BCUT2D eigenvalue weighted by Crippen LogP contribution is -2.26. The van der Waals surface area contributed by atoms with Crippen molar-refractivity contribution < 1.29 is 13.5 Å². The largest absolute Gasteiger partial charge is 0.462 e. The van der Waals surface area contributed by atoms with Crippen molar-refractivity contribution >= 4 is 0 Å². The lowest BCUT2D eigenvalue weighted by molar-refractivity contribution is 0.137. The molecule has 0 aliphatic heterocycles. The van der Waals surface area contributed by atoms with E-state index < -0.39 is 11.6 Å². The first kappa shape index (κ1) is 26.7. The minimum absolute atomic E-state index is 0.0306. The molecule has 0 radical (unpaired) electrons. The monoisotopic (exact) mass is 486 g/mol. The second-order valence-corrected chi connectivity index (χ2v) is 12.0. The molecule has 196 valence electrons. The van der Waals surface area contributed by atoms with Gasteiger partial charge in [0.1, 0.15) is 0 Å². The Morgan fingerprint density at radius 3 is 1.74 bits per heavy atom. The summed E-state index contributed by atoms with van der Waals surface area (Å²) >= 11 is 0. The molecule has 0 bridgehead atoms. The van der Waals surface area contributed by atoms with E-state index in [0.29, 0.717) is 5.56 Å². The molecule has 0 heterocycles. The lowest BCUT2D eigenvalue weighted by Gasteiger charge is -2.38. The molecule has 0 aromatic heterocycles. The molecule has 0 unspecified atom stereocenters. The Hall–Kier alpha value is -1.38. The second-order valence-electron chi connectivity index (χ2n) is 12.0. The molecule has 1 nitrogen and oxygen atoms in total. The van der Waals surface area contributed by atoms with Gasteiger partial charge in [0, 0.05) is 0 Å². The molecule has 4 rings (SSSR count). The first-order valence-electron chi connectivity index (χ1n) is 14.8. The number of benzene rings is 1. The van der Waals surface area contributed by atoms with Gasteiger partial charge in [-0.25, -0.2) is 4.39 Å². The molecule has 3 aliphatic carbocycles. The molecule has 3 heteroatoms. The van der Waals surface area contributed by atoms with Crippen molar-refractivity contribution in [3.8, 4) is 5.75 Å². The first-order chi connectivity index (χ1) is 17.1. The van der Waals surface area contributed by atoms with E-state index in [1.807, 2.05) is 0 Å². The van der Waals surface area contributed by atoms with E-state index in [9.17, 15) is 8.78 Å². The topological polar surface area (TPSA) is 9.23 Å². The summed E-state index contributed by atoms with van der Waals surface area (Å²) in [6.07, 6.45) is 24.6. The fourth-order valence-electron chi connectivity index (χ4n) is 7.63. The fourth-order valence-corrected chi connectivity index (χ4v) is 7.63. The molecule has 0 spiro atoms. The molecule has 1 aromatic rings. The molecule has 0 atom stereocenters. The summed E-state index contributed by atoms with van der Waals surface area (Å²) in [6, 6.07) is 3.31. The maximum absolute atomic E-state index is 14.7. The summed E-state index contributed by atoms with van der Waals surface area (Å²) in [7, 11) is 0. The number of hydrogen-bond acceptors (Lipinski definition) is 1. The third kappa shape index (κ3) is 7.10. The molecule has 3 saturated carbocycles. The van der Waals surface area contributed by atoms with E-state index in [4.69, 9.17) is 4.74 Å². The molecule has 1 aromatic carbocycles. The van der Waals surface area contributed by atoms with Gasteiger partial charge in [0.15, 0.2) is 11.6 Å². The Balaban J connectivity index is 1.15. The Morgan fingerprint density at radius 2 is 1.23 bits per heavy atom. The van der Waals surface area contributed by atoms with Gasteiger partial charge in [-0.05, 0) is 105 Å². The summed E-state index contributed by atoms with van der Waals surface area (Å²) in [6.45, 7) is 4.12. The zero-order valence-electron chi connectivity index (χ0n) is 22.3. The second kappa shape index (κ2) is 13.2. The van der Waals surface area contributed by atoms with Gasteiger partial charge in [-0.2, -0.15) is 4.39 Å². The zero-order chi connectivity index (χ0) is 24.6. The van der Waals surface area contributed by atoms with Gasteiger partial charge in [-0.1, -0.05) is 70.4 Å². The minimum atomic E-state index is -0.854. The van der Waals surface area contributed by atoms with E-state index in [-0.39, 0.29) is 11.7 Å². The average molecular weight is 487 g/mol. The highest BCUT2D eigenvalue weighted by Gasteiger charge is 2.31. The normalized spacial score (nSPS) is 32.1. The molecular weight excluding hydrogens is 438 g/mol. The van der Waals surface area contributed by atoms with Crippen molar-refractivity contribution in [2.75, 3.05) is 0 Å². The number of ether oxygens (including phenoxy) is 1. The van der Waals surface area contributed by atoms with Crippen LogP contribution < -0.4 is 4.74 Å². The number of allylic oxidation sites excluding steroid dienone is 1. The van der Waals surface area contributed by atoms with Crippen LogP contribution in [0.25, 0.3) is 0 Å². The summed E-state index contributed by atoms with van der Waals surface area (Å²) < 4.78 is 34.3. The van der Waals surface area contributed by atoms with Crippen molar-refractivity contribution in [3.63, 3.8) is 0 Å². The van der Waals surface area contributed by atoms with Crippen LogP contribution in [0.4, 0.5) is 8.78 Å². The summed E-state index contributed by atoms with van der Waals surface area (Å²) in [4.78, 5) is 0. The minimum Gasteiger partial charge on any atom is -0.462 e. The summed E-state index contributed by atoms with van der Waals surface area (Å²) in [5.41, 5.74) is 0.538. The smallest absolute Gasteiger partial charge is 0.201 e. The third-order valence-corrected chi connectivity index (χ3v) is 9.82. The number of halogens is 2. The van der Waals surface area contributed by atoms with Crippen molar-refractivity contribution in [3.05, 3.63) is 41.7 Å². The van der Waals surface area contributed by atoms with Crippen molar-refractivity contribution in [1.29, 1.82) is 0 Å². The highest BCUT2D eigenvalue weighted by atomic mass is 19.2. The van der Waals surface area contributed by atoms with Gasteiger partial charge >= 0.3 is 0 Å². The fraction of sp³-hybridized carbons (Fsp3) is 0.750. The molecular formula is C32H48F2O. The van der Waals surface area contributed by atoms with Gasteiger partial charge in [-0.15, -0.1) is 0 Å². The van der Waals surface area contributed by atoms with Crippen LogP contribution in [0.15, 0.2) is 24.5 Å². The first-order valence-corrected chi connectivity index (χ1v) is 14.8. The molecule has 0 N–H and O–H groups in total. The number of rotatable bonds is 9. The number of hydrogen-bond donors (Lipinski definition) is 0. The van der Waals surface area contributed by atoms with Gasteiger partial charge in [-0.3, -0.25) is 0 Å². The molecule has 35 heavy (non-hydrogen) atoms. The molecule has 3 fully saturated rings. The van der Waals surface area contributed by atoms with Crippen molar-refractivity contribution in [2.24, 2.45) is 29.6 Å². The lowest BCUT2D eigenvalue weighted by atomic mass is 9.68. The van der Waals surface area contributed by atoms with Crippen LogP contribution >= 0.6 is 0 Å². The van der Waals surface area contributed by atoms with Gasteiger partial charge < -0.3 is 4.74 Å².